The molecule has 0 unspecified atom stereocenters. The van der Waals surface area contributed by atoms with Gasteiger partial charge in [-0.25, -0.2) is 4.98 Å². The summed E-state index contributed by atoms with van der Waals surface area (Å²) in [6.45, 7) is 4.21. The first-order valence-corrected chi connectivity index (χ1v) is 6.87. The number of nitrogen functional groups attached to an aromatic ring is 1. The number of anilines is 1. The van der Waals surface area contributed by atoms with Crippen LogP contribution >= 0.6 is 15.9 Å². The summed E-state index contributed by atoms with van der Waals surface area (Å²) < 4.78 is 3.01. The van der Waals surface area contributed by atoms with Gasteiger partial charge in [-0.3, -0.25) is 4.57 Å². The zero-order chi connectivity index (χ0) is 13.6. The third-order valence-electron chi connectivity index (χ3n) is 3.46. The normalized spacial score (nSPS) is 11.1. The first-order valence-electron chi connectivity index (χ1n) is 6.08. The van der Waals surface area contributed by atoms with Crippen LogP contribution in [0.15, 0.2) is 40.9 Å². The van der Waals surface area contributed by atoms with Gasteiger partial charge in [-0.1, -0.05) is 28.1 Å². The lowest BCUT2D eigenvalue weighted by Gasteiger charge is -2.11. The molecule has 1 aromatic heterocycles. The van der Waals surface area contributed by atoms with Crippen molar-refractivity contribution in [3.8, 4) is 5.69 Å². The smallest absolute Gasteiger partial charge is 0.205 e. The van der Waals surface area contributed by atoms with Gasteiger partial charge in [0, 0.05) is 4.47 Å². The third kappa shape index (κ3) is 1.92. The highest BCUT2D eigenvalue weighted by Crippen LogP contribution is 2.28. The van der Waals surface area contributed by atoms with Crippen molar-refractivity contribution in [3.05, 3.63) is 52.0 Å². The largest absolute Gasteiger partial charge is 0.369 e. The summed E-state index contributed by atoms with van der Waals surface area (Å²) in [6.07, 6.45) is 0. The number of aryl methyl sites for hydroxylation is 1. The summed E-state index contributed by atoms with van der Waals surface area (Å²) in [5.74, 6) is 0.516. The van der Waals surface area contributed by atoms with Gasteiger partial charge in [0.05, 0.1) is 16.7 Å². The van der Waals surface area contributed by atoms with Crippen molar-refractivity contribution in [1.82, 2.24) is 9.55 Å². The Morgan fingerprint density at radius 2 is 1.95 bits per heavy atom. The highest BCUT2D eigenvalue weighted by atomic mass is 79.9. The second kappa shape index (κ2) is 4.38. The average molecular weight is 316 g/mol. The van der Waals surface area contributed by atoms with Gasteiger partial charge in [-0.05, 0) is 49.2 Å². The van der Waals surface area contributed by atoms with Crippen molar-refractivity contribution in [3.63, 3.8) is 0 Å². The van der Waals surface area contributed by atoms with E-state index in [0.717, 1.165) is 21.2 Å². The topological polar surface area (TPSA) is 43.8 Å². The van der Waals surface area contributed by atoms with E-state index in [-0.39, 0.29) is 0 Å². The molecule has 1 heterocycles. The van der Waals surface area contributed by atoms with Crippen LogP contribution in [0.5, 0.6) is 0 Å². The first kappa shape index (κ1) is 12.2. The van der Waals surface area contributed by atoms with Crippen LogP contribution in [-0.2, 0) is 0 Å². The van der Waals surface area contributed by atoms with Crippen molar-refractivity contribution < 1.29 is 0 Å². The fourth-order valence-electron chi connectivity index (χ4n) is 2.30. The van der Waals surface area contributed by atoms with Crippen LogP contribution in [-0.4, -0.2) is 9.55 Å². The standard InChI is InChI=1S/C15H14BrN3/c1-9-4-3-5-13(10(9)2)19-14-7-6-11(16)8-12(14)18-15(19)17/h3-8H,1-2H3,(H2,17,18). The van der Waals surface area contributed by atoms with Crippen molar-refractivity contribution in [2.24, 2.45) is 0 Å². The lowest BCUT2D eigenvalue weighted by atomic mass is 10.1. The summed E-state index contributed by atoms with van der Waals surface area (Å²) in [5.41, 5.74) is 11.6. The van der Waals surface area contributed by atoms with Gasteiger partial charge in [0.15, 0.2) is 0 Å². The lowest BCUT2D eigenvalue weighted by molar-refractivity contribution is 1.08. The Bertz CT molecular complexity index is 774. The van der Waals surface area contributed by atoms with Crippen LogP contribution < -0.4 is 5.73 Å². The van der Waals surface area contributed by atoms with Crippen molar-refractivity contribution in [2.45, 2.75) is 13.8 Å². The van der Waals surface area contributed by atoms with E-state index in [2.05, 4.69) is 46.9 Å². The number of fused-ring (bicyclic) bond motifs is 1. The van der Waals surface area contributed by atoms with Gasteiger partial charge >= 0.3 is 0 Å². The van der Waals surface area contributed by atoms with Gasteiger partial charge in [0.25, 0.3) is 0 Å². The van der Waals surface area contributed by atoms with E-state index in [1.807, 2.05) is 28.8 Å². The quantitative estimate of drug-likeness (QED) is 0.738. The van der Waals surface area contributed by atoms with E-state index in [0.29, 0.717) is 5.95 Å². The van der Waals surface area contributed by atoms with Crippen LogP contribution in [0.2, 0.25) is 0 Å². The molecule has 3 rings (SSSR count). The molecule has 0 fully saturated rings. The number of imidazole rings is 1. The highest BCUT2D eigenvalue weighted by molar-refractivity contribution is 9.10. The molecule has 96 valence electrons. The minimum atomic E-state index is 0.516. The molecule has 2 N–H and O–H groups in total. The van der Waals surface area contributed by atoms with Gasteiger partial charge in [-0.15, -0.1) is 0 Å². The maximum Gasteiger partial charge on any atom is 0.205 e. The van der Waals surface area contributed by atoms with Crippen LogP contribution in [0, 0.1) is 13.8 Å². The summed E-state index contributed by atoms with van der Waals surface area (Å²) in [4.78, 5) is 4.43. The molecule has 0 spiro atoms. The Kier molecular flexibility index (Phi) is 2.82. The van der Waals surface area contributed by atoms with Crippen molar-refractivity contribution in [2.75, 3.05) is 5.73 Å². The Morgan fingerprint density at radius 1 is 1.16 bits per heavy atom. The summed E-state index contributed by atoms with van der Waals surface area (Å²) in [6, 6.07) is 12.2. The zero-order valence-corrected chi connectivity index (χ0v) is 12.4. The molecular formula is C15H14BrN3. The molecule has 19 heavy (non-hydrogen) atoms. The number of benzene rings is 2. The number of nitrogens with zero attached hydrogens (tertiary/aromatic N) is 2. The first-order chi connectivity index (χ1) is 9.08. The molecule has 3 aromatic rings. The fraction of sp³-hybridized carbons (Fsp3) is 0.133. The van der Waals surface area contributed by atoms with Crippen LogP contribution in [0.25, 0.3) is 16.7 Å². The van der Waals surface area contributed by atoms with Gasteiger partial charge in [0.2, 0.25) is 5.95 Å². The molecule has 0 bridgehead atoms. The third-order valence-corrected chi connectivity index (χ3v) is 3.95. The monoisotopic (exact) mass is 315 g/mol. The maximum atomic E-state index is 6.09. The molecule has 0 amide bonds. The van der Waals surface area contributed by atoms with E-state index in [4.69, 9.17) is 5.73 Å². The summed E-state index contributed by atoms with van der Waals surface area (Å²) >= 11 is 3.46. The van der Waals surface area contributed by atoms with Gasteiger partial charge < -0.3 is 5.73 Å². The second-order valence-electron chi connectivity index (χ2n) is 4.66. The van der Waals surface area contributed by atoms with E-state index in [1.165, 1.54) is 11.1 Å². The highest BCUT2D eigenvalue weighted by Gasteiger charge is 2.12. The number of hydrogen-bond acceptors (Lipinski definition) is 2. The van der Waals surface area contributed by atoms with E-state index >= 15 is 0 Å². The average Bonchev–Trinajstić information content (AvgIpc) is 2.68. The fourth-order valence-corrected chi connectivity index (χ4v) is 2.65. The minimum absolute atomic E-state index is 0.516. The minimum Gasteiger partial charge on any atom is -0.369 e. The summed E-state index contributed by atoms with van der Waals surface area (Å²) in [7, 11) is 0. The molecule has 0 aliphatic carbocycles. The molecule has 3 nitrogen and oxygen atoms in total. The number of hydrogen-bond donors (Lipinski definition) is 1. The zero-order valence-electron chi connectivity index (χ0n) is 10.8. The number of halogens is 1. The molecule has 2 aromatic carbocycles. The molecule has 0 atom stereocenters. The van der Waals surface area contributed by atoms with E-state index in [9.17, 15) is 0 Å². The van der Waals surface area contributed by atoms with Crippen molar-refractivity contribution in [1.29, 1.82) is 0 Å². The van der Waals surface area contributed by atoms with E-state index in [1.54, 1.807) is 0 Å². The van der Waals surface area contributed by atoms with Gasteiger partial charge in [0.1, 0.15) is 0 Å². The number of nitrogens with two attached hydrogens (primary N) is 1. The Morgan fingerprint density at radius 3 is 2.74 bits per heavy atom. The molecule has 0 saturated heterocycles. The second-order valence-corrected chi connectivity index (χ2v) is 5.57. The predicted octanol–water partition coefficient (Wildman–Crippen LogP) is 3.99. The number of aromatic nitrogens is 2. The number of rotatable bonds is 1. The van der Waals surface area contributed by atoms with Gasteiger partial charge in [-0.2, -0.15) is 0 Å². The Labute approximate surface area is 120 Å². The van der Waals surface area contributed by atoms with Crippen LogP contribution in [0.1, 0.15) is 11.1 Å². The van der Waals surface area contributed by atoms with Crippen molar-refractivity contribution >= 4 is 32.9 Å². The lowest BCUT2D eigenvalue weighted by Crippen LogP contribution is -2.03. The molecule has 0 aliphatic heterocycles. The van der Waals surface area contributed by atoms with E-state index < -0.39 is 0 Å². The molecule has 0 radical (unpaired) electrons. The maximum absolute atomic E-state index is 6.09. The molecular weight excluding hydrogens is 302 g/mol. The predicted molar refractivity (Wildman–Crippen MR) is 82.7 cm³/mol. The molecule has 0 saturated carbocycles. The Balaban J connectivity index is 2.36. The molecule has 0 aliphatic rings. The Hall–Kier alpha value is -1.81. The summed E-state index contributed by atoms with van der Waals surface area (Å²) in [5, 5.41) is 0. The molecule has 4 heteroatoms. The van der Waals surface area contributed by atoms with Crippen LogP contribution in [0.4, 0.5) is 5.95 Å². The van der Waals surface area contributed by atoms with Crippen LogP contribution in [0.3, 0.4) is 0 Å². The SMILES string of the molecule is Cc1cccc(-n2c(N)nc3cc(Br)ccc32)c1C.